The fourth-order valence-electron chi connectivity index (χ4n) is 1.63. The van der Waals surface area contributed by atoms with Gasteiger partial charge in [-0.05, 0) is 17.7 Å². The van der Waals surface area contributed by atoms with Crippen molar-refractivity contribution < 1.29 is 13.6 Å². The zero-order valence-electron chi connectivity index (χ0n) is 9.94. The first-order valence-electron chi connectivity index (χ1n) is 5.65. The van der Waals surface area contributed by atoms with Crippen molar-refractivity contribution in [3.8, 4) is 0 Å². The van der Waals surface area contributed by atoms with Gasteiger partial charge in [-0.3, -0.25) is 4.79 Å². The predicted octanol–water partition coefficient (Wildman–Crippen LogP) is 2.60. The largest absolute Gasteiger partial charge is 0.320 e. The minimum Gasteiger partial charge on any atom is -0.320 e. The zero-order chi connectivity index (χ0) is 13.8. The lowest BCUT2D eigenvalue weighted by Gasteiger charge is -2.13. The van der Waals surface area contributed by atoms with Crippen LogP contribution in [0.3, 0.4) is 0 Å². The summed E-state index contributed by atoms with van der Waals surface area (Å²) in [6, 6.07) is 10.9. The van der Waals surface area contributed by atoms with Gasteiger partial charge in [0.25, 0.3) is 0 Å². The molecule has 3 nitrogen and oxygen atoms in total. The smallest absolute Gasteiger partial charge is 0.246 e. The Morgan fingerprint density at radius 3 is 2.16 bits per heavy atom. The van der Waals surface area contributed by atoms with Crippen molar-refractivity contribution in [2.75, 3.05) is 5.32 Å². The minimum atomic E-state index is -0.986. The molecule has 1 amide bonds. The Morgan fingerprint density at radius 2 is 1.58 bits per heavy atom. The number of carbonyl (C=O) groups is 1. The lowest BCUT2D eigenvalue weighted by atomic mass is 10.1. The second-order valence-electron chi connectivity index (χ2n) is 3.97. The molecule has 2 aromatic carbocycles. The van der Waals surface area contributed by atoms with Gasteiger partial charge in [-0.25, -0.2) is 8.78 Å². The van der Waals surface area contributed by atoms with Gasteiger partial charge in [0.2, 0.25) is 5.91 Å². The van der Waals surface area contributed by atoms with Crippen LogP contribution < -0.4 is 11.1 Å². The van der Waals surface area contributed by atoms with Crippen LogP contribution in [-0.4, -0.2) is 5.91 Å². The summed E-state index contributed by atoms with van der Waals surface area (Å²) >= 11 is 0. The van der Waals surface area contributed by atoms with Gasteiger partial charge in [-0.15, -0.1) is 0 Å². The number of hydrogen-bond donors (Lipinski definition) is 2. The maximum absolute atomic E-state index is 13.4. The van der Waals surface area contributed by atoms with E-state index in [0.717, 1.165) is 12.1 Å². The van der Waals surface area contributed by atoms with Crippen LogP contribution in [0.1, 0.15) is 11.6 Å². The third kappa shape index (κ3) is 2.95. The van der Waals surface area contributed by atoms with Crippen molar-refractivity contribution in [1.82, 2.24) is 0 Å². The lowest BCUT2D eigenvalue weighted by molar-refractivity contribution is -0.117. The number of nitrogens with one attached hydrogen (secondary N) is 1. The molecule has 0 aliphatic rings. The van der Waals surface area contributed by atoms with Crippen LogP contribution in [0.5, 0.6) is 0 Å². The first-order valence-corrected chi connectivity index (χ1v) is 5.65. The molecule has 19 heavy (non-hydrogen) atoms. The van der Waals surface area contributed by atoms with E-state index in [9.17, 15) is 13.6 Å². The van der Waals surface area contributed by atoms with Crippen molar-refractivity contribution in [3.05, 3.63) is 65.7 Å². The van der Waals surface area contributed by atoms with E-state index in [0.29, 0.717) is 5.56 Å². The molecule has 1 atom stereocenters. The Balaban J connectivity index is 2.18. The summed E-state index contributed by atoms with van der Waals surface area (Å²) in [6.45, 7) is 0. The number of rotatable bonds is 3. The monoisotopic (exact) mass is 262 g/mol. The third-order valence-corrected chi connectivity index (χ3v) is 2.65. The summed E-state index contributed by atoms with van der Waals surface area (Å²) in [6.07, 6.45) is 0. The normalized spacial score (nSPS) is 11.9. The van der Waals surface area contributed by atoms with Crippen LogP contribution in [0, 0.1) is 11.6 Å². The Morgan fingerprint density at radius 1 is 1.00 bits per heavy atom. The van der Waals surface area contributed by atoms with E-state index in [2.05, 4.69) is 5.32 Å². The summed E-state index contributed by atoms with van der Waals surface area (Å²) in [4.78, 5) is 11.8. The van der Waals surface area contributed by atoms with Gasteiger partial charge >= 0.3 is 0 Å². The lowest BCUT2D eigenvalue weighted by Crippen LogP contribution is -2.28. The van der Waals surface area contributed by atoms with E-state index in [4.69, 9.17) is 5.73 Å². The summed E-state index contributed by atoms with van der Waals surface area (Å²) < 4.78 is 26.8. The van der Waals surface area contributed by atoms with Crippen LogP contribution in [-0.2, 0) is 4.79 Å². The second-order valence-corrected chi connectivity index (χ2v) is 3.97. The molecule has 0 saturated carbocycles. The fourth-order valence-corrected chi connectivity index (χ4v) is 1.63. The van der Waals surface area contributed by atoms with Gasteiger partial charge in [0.15, 0.2) is 0 Å². The minimum absolute atomic E-state index is 0.487. The molecule has 0 unspecified atom stereocenters. The van der Waals surface area contributed by atoms with Gasteiger partial charge < -0.3 is 11.1 Å². The number of amides is 1. The average Bonchev–Trinajstić information content (AvgIpc) is 2.43. The summed E-state index contributed by atoms with van der Waals surface area (Å²) in [5.41, 5.74) is 5.81. The molecule has 3 N–H and O–H groups in total. The number of carbonyl (C=O) groups excluding carboxylic acids is 1. The molecule has 0 aliphatic carbocycles. The maximum Gasteiger partial charge on any atom is 0.246 e. The van der Waals surface area contributed by atoms with E-state index >= 15 is 0 Å². The Bertz CT molecular complexity index is 567. The number of halogens is 2. The molecule has 98 valence electrons. The molecule has 0 radical (unpaired) electrons. The van der Waals surface area contributed by atoms with Gasteiger partial charge in [0.05, 0.1) is 0 Å². The third-order valence-electron chi connectivity index (χ3n) is 2.65. The molecule has 2 rings (SSSR count). The molecule has 2 aromatic rings. The molecule has 0 fully saturated rings. The number of benzene rings is 2. The number of anilines is 1. The molecule has 0 aromatic heterocycles. The van der Waals surface area contributed by atoms with Crippen LogP contribution in [0.15, 0.2) is 48.5 Å². The van der Waals surface area contributed by atoms with Crippen LogP contribution in [0.25, 0.3) is 0 Å². The average molecular weight is 262 g/mol. The SMILES string of the molecule is N[C@H](C(=O)Nc1c(F)cccc1F)c1ccccc1. The summed E-state index contributed by atoms with van der Waals surface area (Å²) in [5.74, 6) is -2.35. The summed E-state index contributed by atoms with van der Waals surface area (Å²) in [5, 5.41) is 2.16. The van der Waals surface area contributed by atoms with E-state index in [1.54, 1.807) is 30.3 Å². The first-order chi connectivity index (χ1) is 9.09. The number of para-hydroxylation sites is 1. The first kappa shape index (κ1) is 13.2. The predicted molar refractivity (Wildman–Crippen MR) is 68.4 cm³/mol. The fraction of sp³-hybridized carbons (Fsp3) is 0.0714. The van der Waals surface area contributed by atoms with Crippen LogP contribution in [0.4, 0.5) is 14.5 Å². The molecular weight excluding hydrogens is 250 g/mol. The van der Waals surface area contributed by atoms with E-state index < -0.39 is 29.3 Å². The number of nitrogens with two attached hydrogens (primary N) is 1. The molecule has 5 heteroatoms. The Labute approximate surface area is 109 Å². The van der Waals surface area contributed by atoms with E-state index in [-0.39, 0.29) is 0 Å². The standard InChI is InChI=1S/C14H12F2N2O/c15-10-7-4-8-11(16)13(10)18-14(19)12(17)9-5-2-1-3-6-9/h1-8,12H,17H2,(H,18,19)/t12-/m0/s1. The highest BCUT2D eigenvalue weighted by Gasteiger charge is 2.18. The molecule has 0 saturated heterocycles. The topological polar surface area (TPSA) is 55.1 Å². The van der Waals surface area contributed by atoms with Gasteiger partial charge in [0.1, 0.15) is 23.4 Å². The highest BCUT2D eigenvalue weighted by Crippen LogP contribution is 2.20. The zero-order valence-corrected chi connectivity index (χ0v) is 9.94. The van der Waals surface area contributed by atoms with Crippen LogP contribution in [0.2, 0.25) is 0 Å². The Hall–Kier alpha value is -2.27. The maximum atomic E-state index is 13.4. The van der Waals surface area contributed by atoms with E-state index in [1.807, 2.05) is 0 Å². The van der Waals surface area contributed by atoms with Crippen molar-refractivity contribution in [1.29, 1.82) is 0 Å². The van der Waals surface area contributed by atoms with Crippen molar-refractivity contribution in [2.45, 2.75) is 6.04 Å². The second kappa shape index (κ2) is 5.58. The summed E-state index contributed by atoms with van der Waals surface area (Å²) in [7, 11) is 0. The molecular formula is C14H12F2N2O. The highest BCUT2D eigenvalue weighted by molar-refractivity contribution is 5.95. The van der Waals surface area contributed by atoms with Gasteiger partial charge in [-0.2, -0.15) is 0 Å². The van der Waals surface area contributed by atoms with Crippen molar-refractivity contribution >= 4 is 11.6 Å². The number of hydrogen-bond acceptors (Lipinski definition) is 2. The quantitative estimate of drug-likeness (QED) is 0.893. The molecule has 0 heterocycles. The Kier molecular flexibility index (Phi) is 3.87. The van der Waals surface area contributed by atoms with E-state index in [1.165, 1.54) is 6.07 Å². The van der Waals surface area contributed by atoms with Gasteiger partial charge in [-0.1, -0.05) is 36.4 Å². The molecule has 0 spiro atoms. The highest BCUT2D eigenvalue weighted by atomic mass is 19.1. The van der Waals surface area contributed by atoms with Crippen molar-refractivity contribution in [3.63, 3.8) is 0 Å². The molecule has 0 bridgehead atoms. The van der Waals surface area contributed by atoms with Crippen molar-refractivity contribution in [2.24, 2.45) is 5.73 Å². The van der Waals surface area contributed by atoms with Gasteiger partial charge in [0, 0.05) is 0 Å². The molecule has 0 aliphatic heterocycles. The van der Waals surface area contributed by atoms with Crippen LogP contribution >= 0.6 is 0 Å².